The van der Waals surface area contributed by atoms with Gasteiger partial charge in [-0.1, -0.05) is 24.3 Å². The molecule has 0 aromatic heterocycles. The molecule has 0 spiro atoms. The average Bonchev–Trinajstić information content (AvgIpc) is 2.58. The molecule has 0 aliphatic rings. The molecule has 0 fully saturated rings. The maximum Gasteiger partial charge on any atom is 0.257 e. The molecule has 4 heteroatoms. The second-order valence-corrected chi connectivity index (χ2v) is 5.89. The summed E-state index contributed by atoms with van der Waals surface area (Å²) < 4.78 is 10.9. The lowest BCUT2D eigenvalue weighted by atomic mass is 10.1. The second-order valence-electron chi connectivity index (χ2n) is 5.89. The minimum atomic E-state index is -0.113. The molecule has 0 unspecified atom stereocenters. The van der Waals surface area contributed by atoms with Crippen molar-refractivity contribution in [2.75, 3.05) is 20.3 Å². The van der Waals surface area contributed by atoms with Crippen LogP contribution in [0.2, 0.25) is 0 Å². The summed E-state index contributed by atoms with van der Waals surface area (Å²) in [6, 6.07) is 11.9. The molecule has 0 bridgehead atoms. The Kier molecular flexibility index (Phi) is 6.24. The number of hydrogen-bond donors (Lipinski definition) is 1. The van der Waals surface area contributed by atoms with Crippen molar-refractivity contribution < 1.29 is 14.3 Å². The molecular formula is C20H25NO3. The van der Waals surface area contributed by atoms with Crippen LogP contribution in [0.4, 0.5) is 0 Å². The molecule has 2 rings (SSSR count). The van der Waals surface area contributed by atoms with E-state index in [0.29, 0.717) is 6.54 Å². The van der Waals surface area contributed by atoms with E-state index in [0.717, 1.165) is 40.2 Å². The Morgan fingerprint density at radius 3 is 2.58 bits per heavy atom. The van der Waals surface area contributed by atoms with Crippen LogP contribution in [-0.2, 0) is 11.2 Å². The first-order valence-electron chi connectivity index (χ1n) is 8.10. The zero-order valence-electron chi connectivity index (χ0n) is 14.8. The summed E-state index contributed by atoms with van der Waals surface area (Å²) in [6.45, 7) is 6.64. The lowest BCUT2D eigenvalue weighted by Gasteiger charge is -2.14. The number of ether oxygens (including phenoxy) is 2. The summed E-state index contributed by atoms with van der Waals surface area (Å²) in [5.41, 5.74) is 4.41. The van der Waals surface area contributed by atoms with E-state index in [9.17, 15) is 4.79 Å². The smallest absolute Gasteiger partial charge is 0.257 e. The van der Waals surface area contributed by atoms with E-state index in [-0.39, 0.29) is 12.5 Å². The molecule has 0 atom stereocenters. The van der Waals surface area contributed by atoms with Crippen molar-refractivity contribution in [1.29, 1.82) is 0 Å². The highest BCUT2D eigenvalue weighted by Crippen LogP contribution is 2.25. The monoisotopic (exact) mass is 327 g/mol. The predicted molar refractivity (Wildman–Crippen MR) is 95.9 cm³/mol. The Labute approximate surface area is 143 Å². The van der Waals surface area contributed by atoms with Gasteiger partial charge in [0.1, 0.15) is 11.5 Å². The number of carbonyl (C=O) groups is 1. The third-order valence-electron chi connectivity index (χ3n) is 4.09. The summed E-state index contributed by atoms with van der Waals surface area (Å²) in [6.07, 6.45) is 0.755. The van der Waals surface area contributed by atoms with Gasteiger partial charge in [-0.25, -0.2) is 0 Å². The van der Waals surface area contributed by atoms with Crippen LogP contribution in [0.25, 0.3) is 0 Å². The number of hydrogen-bond acceptors (Lipinski definition) is 3. The fraction of sp³-hybridized carbons (Fsp3) is 0.350. The van der Waals surface area contributed by atoms with Crippen molar-refractivity contribution in [3.05, 3.63) is 58.7 Å². The SMILES string of the molecule is COc1cccc(CCNC(=O)COc2c(C)ccc(C)c2C)c1. The standard InChI is InChI=1S/C20H25NO3/c1-14-8-9-15(2)20(16(14)3)24-13-19(22)21-11-10-17-6-5-7-18(12-17)23-4/h5-9,12H,10-11,13H2,1-4H3,(H,21,22). The van der Waals surface area contributed by atoms with Gasteiger partial charge in [0.05, 0.1) is 7.11 Å². The third-order valence-corrected chi connectivity index (χ3v) is 4.09. The van der Waals surface area contributed by atoms with E-state index < -0.39 is 0 Å². The summed E-state index contributed by atoms with van der Waals surface area (Å²) in [5.74, 6) is 1.52. The van der Waals surface area contributed by atoms with Crippen molar-refractivity contribution >= 4 is 5.91 Å². The van der Waals surface area contributed by atoms with Crippen molar-refractivity contribution in [3.63, 3.8) is 0 Å². The maximum absolute atomic E-state index is 12.0. The minimum absolute atomic E-state index is 0.0310. The van der Waals surface area contributed by atoms with Crippen molar-refractivity contribution in [2.45, 2.75) is 27.2 Å². The number of methoxy groups -OCH3 is 1. The number of aryl methyl sites for hydroxylation is 2. The zero-order valence-corrected chi connectivity index (χ0v) is 14.8. The zero-order chi connectivity index (χ0) is 17.5. The predicted octanol–water partition coefficient (Wildman–Crippen LogP) is 3.36. The molecule has 0 saturated carbocycles. The number of carbonyl (C=O) groups excluding carboxylic acids is 1. The van der Waals surface area contributed by atoms with Gasteiger partial charge in [0.15, 0.2) is 6.61 Å². The van der Waals surface area contributed by atoms with Gasteiger partial charge in [0, 0.05) is 6.54 Å². The molecule has 0 aliphatic carbocycles. The molecule has 2 aromatic rings. The van der Waals surface area contributed by atoms with Crippen LogP contribution in [0.15, 0.2) is 36.4 Å². The Hall–Kier alpha value is -2.49. The summed E-state index contributed by atoms with van der Waals surface area (Å²) in [5, 5.41) is 2.89. The van der Waals surface area contributed by atoms with Crippen molar-refractivity contribution in [3.8, 4) is 11.5 Å². The first-order valence-corrected chi connectivity index (χ1v) is 8.10. The molecule has 4 nitrogen and oxygen atoms in total. The van der Waals surface area contributed by atoms with E-state index >= 15 is 0 Å². The van der Waals surface area contributed by atoms with E-state index in [1.54, 1.807) is 7.11 Å². The Bertz CT molecular complexity index is 710. The summed E-state index contributed by atoms with van der Waals surface area (Å²) >= 11 is 0. The molecule has 24 heavy (non-hydrogen) atoms. The molecule has 1 amide bonds. The largest absolute Gasteiger partial charge is 0.497 e. The number of amides is 1. The van der Waals surface area contributed by atoms with Crippen LogP contribution in [0, 0.1) is 20.8 Å². The Morgan fingerprint density at radius 2 is 1.83 bits per heavy atom. The van der Waals surface area contributed by atoms with E-state index in [4.69, 9.17) is 9.47 Å². The highest BCUT2D eigenvalue weighted by Gasteiger charge is 2.09. The van der Waals surface area contributed by atoms with Gasteiger partial charge in [-0.05, 0) is 61.6 Å². The second kappa shape index (κ2) is 8.39. The first kappa shape index (κ1) is 17.9. The fourth-order valence-corrected chi connectivity index (χ4v) is 2.51. The molecular weight excluding hydrogens is 302 g/mol. The van der Waals surface area contributed by atoms with Crippen molar-refractivity contribution in [2.24, 2.45) is 0 Å². The normalized spacial score (nSPS) is 10.3. The van der Waals surface area contributed by atoms with Crippen LogP contribution >= 0.6 is 0 Å². The molecule has 128 valence electrons. The molecule has 0 heterocycles. The van der Waals surface area contributed by atoms with Crippen LogP contribution in [0.5, 0.6) is 11.5 Å². The molecule has 0 radical (unpaired) electrons. The molecule has 2 aromatic carbocycles. The maximum atomic E-state index is 12.0. The van der Waals surface area contributed by atoms with Crippen molar-refractivity contribution in [1.82, 2.24) is 5.32 Å². The van der Waals surface area contributed by atoms with Gasteiger partial charge in [-0.15, -0.1) is 0 Å². The first-order chi connectivity index (χ1) is 11.5. The highest BCUT2D eigenvalue weighted by molar-refractivity contribution is 5.77. The van der Waals surface area contributed by atoms with Gasteiger partial charge in [-0.3, -0.25) is 4.79 Å². The fourth-order valence-electron chi connectivity index (χ4n) is 2.51. The Morgan fingerprint density at radius 1 is 1.08 bits per heavy atom. The van der Waals surface area contributed by atoms with Gasteiger partial charge in [0.25, 0.3) is 5.91 Å². The van der Waals surface area contributed by atoms with Crippen LogP contribution in [0.3, 0.4) is 0 Å². The molecule has 0 aliphatic heterocycles. The molecule has 0 saturated heterocycles. The minimum Gasteiger partial charge on any atom is -0.497 e. The number of rotatable bonds is 7. The van der Waals surface area contributed by atoms with E-state index in [2.05, 4.69) is 11.4 Å². The van der Waals surface area contributed by atoms with Crippen LogP contribution in [0.1, 0.15) is 22.3 Å². The lowest BCUT2D eigenvalue weighted by molar-refractivity contribution is -0.123. The van der Waals surface area contributed by atoms with E-state index in [1.165, 1.54) is 0 Å². The number of benzene rings is 2. The topological polar surface area (TPSA) is 47.6 Å². The Balaban J connectivity index is 1.81. The van der Waals surface area contributed by atoms with Gasteiger partial charge >= 0.3 is 0 Å². The van der Waals surface area contributed by atoms with Gasteiger partial charge in [-0.2, -0.15) is 0 Å². The highest BCUT2D eigenvalue weighted by atomic mass is 16.5. The van der Waals surface area contributed by atoms with E-state index in [1.807, 2.05) is 51.1 Å². The quantitative estimate of drug-likeness (QED) is 0.848. The lowest BCUT2D eigenvalue weighted by Crippen LogP contribution is -2.30. The van der Waals surface area contributed by atoms with Gasteiger partial charge in [0.2, 0.25) is 0 Å². The van der Waals surface area contributed by atoms with Crippen LogP contribution in [-0.4, -0.2) is 26.2 Å². The number of nitrogens with one attached hydrogen (secondary N) is 1. The molecule has 1 N–H and O–H groups in total. The third kappa shape index (κ3) is 4.75. The van der Waals surface area contributed by atoms with Gasteiger partial charge < -0.3 is 14.8 Å². The van der Waals surface area contributed by atoms with Crippen LogP contribution < -0.4 is 14.8 Å². The summed E-state index contributed by atoms with van der Waals surface area (Å²) in [7, 11) is 1.65. The average molecular weight is 327 g/mol. The summed E-state index contributed by atoms with van der Waals surface area (Å²) in [4.78, 5) is 12.0.